The predicted octanol–water partition coefficient (Wildman–Crippen LogP) is 3.83. The lowest BCUT2D eigenvalue weighted by molar-refractivity contribution is 0.0963. The quantitative estimate of drug-likeness (QED) is 0.757. The lowest BCUT2D eigenvalue weighted by atomic mass is 9.97. The normalized spacial score (nSPS) is 16.1. The molecule has 0 bridgehead atoms. The maximum absolute atomic E-state index is 14.0. The Bertz CT molecular complexity index is 1080. The molecule has 2 heterocycles. The Morgan fingerprint density at radius 2 is 1.89 bits per heavy atom. The zero-order valence-electron chi connectivity index (χ0n) is 15.4. The molecule has 1 spiro atoms. The SMILES string of the molecule is CNC(=O)c1ccc2c(c1)N(c1ncc(-c3ccccc3F)cn1)CC21CC1. The van der Waals surface area contributed by atoms with Crippen molar-refractivity contribution >= 4 is 17.5 Å². The molecule has 0 unspecified atom stereocenters. The Hall–Kier alpha value is -3.28. The van der Waals surface area contributed by atoms with E-state index in [1.807, 2.05) is 12.1 Å². The summed E-state index contributed by atoms with van der Waals surface area (Å²) in [6.45, 7) is 0.804. The largest absolute Gasteiger partial charge is 0.355 e. The van der Waals surface area contributed by atoms with E-state index in [2.05, 4.69) is 26.3 Å². The molecule has 5 nitrogen and oxygen atoms in total. The summed E-state index contributed by atoms with van der Waals surface area (Å²) in [4.78, 5) is 23.2. The van der Waals surface area contributed by atoms with Crippen LogP contribution in [-0.2, 0) is 5.41 Å². The molecule has 6 heteroatoms. The molecule has 3 aromatic rings. The van der Waals surface area contributed by atoms with Crippen LogP contribution in [0.25, 0.3) is 11.1 Å². The van der Waals surface area contributed by atoms with Crippen LogP contribution in [0.5, 0.6) is 0 Å². The Morgan fingerprint density at radius 3 is 2.57 bits per heavy atom. The number of amides is 1. The summed E-state index contributed by atoms with van der Waals surface area (Å²) in [6, 6.07) is 12.4. The van der Waals surface area contributed by atoms with E-state index < -0.39 is 0 Å². The van der Waals surface area contributed by atoms with Crippen molar-refractivity contribution in [2.24, 2.45) is 0 Å². The second kappa shape index (κ2) is 6.12. The van der Waals surface area contributed by atoms with Gasteiger partial charge in [-0.25, -0.2) is 14.4 Å². The van der Waals surface area contributed by atoms with Gasteiger partial charge in [0.2, 0.25) is 5.95 Å². The van der Waals surface area contributed by atoms with Gasteiger partial charge in [-0.1, -0.05) is 24.3 Å². The Balaban J connectivity index is 1.53. The van der Waals surface area contributed by atoms with Gasteiger partial charge < -0.3 is 10.2 Å². The van der Waals surface area contributed by atoms with Crippen molar-refractivity contribution in [3.8, 4) is 11.1 Å². The molecular formula is C22H19FN4O. The van der Waals surface area contributed by atoms with Crippen molar-refractivity contribution < 1.29 is 9.18 Å². The highest BCUT2D eigenvalue weighted by Gasteiger charge is 2.52. The van der Waals surface area contributed by atoms with Crippen molar-refractivity contribution in [3.05, 3.63) is 71.8 Å². The van der Waals surface area contributed by atoms with E-state index in [4.69, 9.17) is 0 Å². The molecule has 1 amide bonds. The minimum Gasteiger partial charge on any atom is -0.355 e. The molecule has 1 N–H and O–H groups in total. The Kier molecular flexibility index (Phi) is 3.69. The number of hydrogen-bond donors (Lipinski definition) is 1. The fourth-order valence-corrected chi connectivity index (χ4v) is 4.01. The van der Waals surface area contributed by atoms with Crippen molar-refractivity contribution in [2.45, 2.75) is 18.3 Å². The monoisotopic (exact) mass is 374 g/mol. The summed E-state index contributed by atoms with van der Waals surface area (Å²) in [5, 5.41) is 2.67. The van der Waals surface area contributed by atoms with Crippen molar-refractivity contribution in [1.29, 1.82) is 0 Å². The number of fused-ring (bicyclic) bond motifs is 2. The van der Waals surface area contributed by atoms with E-state index in [0.717, 1.165) is 25.1 Å². The summed E-state index contributed by atoms with van der Waals surface area (Å²) in [5.41, 5.74) is 4.12. The zero-order chi connectivity index (χ0) is 19.3. The van der Waals surface area contributed by atoms with Gasteiger partial charge in [0.25, 0.3) is 5.91 Å². The molecule has 1 saturated carbocycles. The predicted molar refractivity (Wildman–Crippen MR) is 105 cm³/mol. The van der Waals surface area contributed by atoms with Crippen molar-refractivity contribution in [1.82, 2.24) is 15.3 Å². The van der Waals surface area contributed by atoms with Gasteiger partial charge >= 0.3 is 0 Å². The van der Waals surface area contributed by atoms with Gasteiger partial charge in [0.05, 0.1) is 0 Å². The number of aromatic nitrogens is 2. The van der Waals surface area contributed by atoms with Gasteiger partial charge in [0.1, 0.15) is 5.82 Å². The van der Waals surface area contributed by atoms with Crippen molar-refractivity contribution in [3.63, 3.8) is 0 Å². The first-order valence-corrected chi connectivity index (χ1v) is 9.32. The van der Waals surface area contributed by atoms with Gasteiger partial charge in [-0.05, 0) is 36.6 Å². The number of anilines is 2. The van der Waals surface area contributed by atoms with Gasteiger partial charge in [-0.15, -0.1) is 0 Å². The van der Waals surface area contributed by atoms with Crippen LogP contribution in [0.1, 0.15) is 28.8 Å². The van der Waals surface area contributed by atoms with Crippen LogP contribution < -0.4 is 10.2 Å². The molecule has 0 saturated heterocycles. The van der Waals surface area contributed by atoms with Crippen LogP contribution in [0.3, 0.4) is 0 Å². The lowest BCUT2D eigenvalue weighted by Gasteiger charge is -2.18. The summed E-state index contributed by atoms with van der Waals surface area (Å²) < 4.78 is 14.0. The molecule has 2 aliphatic rings. The third-order valence-corrected chi connectivity index (χ3v) is 5.73. The molecule has 140 valence electrons. The average molecular weight is 374 g/mol. The minimum absolute atomic E-state index is 0.115. The number of nitrogens with zero attached hydrogens (tertiary/aromatic N) is 3. The second-order valence-electron chi connectivity index (χ2n) is 7.43. The van der Waals surface area contributed by atoms with Gasteiger partial charge in [-0.3, -0.25) is 4.79 Å². The molecule has 0 atom stereocenters. The van der Waals surface area contributed by atoms with Gasteiger partial charge in [0, 0.05) is 53.8 Å². The Morgan fingerprint density at radius 1 is 1.14 bits per heavy atom. The molecule has 1 aliphatic carbocycles. The van der Waals surface area contributed by atoms with Crippen LogP contribution in [-0.4, -0.2) is 29.5 Å². The first-order valence-electron chi connectivity index (χ1n) is 9.32. The molecule has 5 rings (SSSR count). The summed E-state index contributed by atoms with van der Waals surface area (Å²) in [5.74, 6) is 0.159. The number of carbonyl (C=O) groups excluding carboxylic acids is 1. The van der Waals surface area contributed by atoms with Crippen LogP contribution in [0.4, 0.5) is 16.0 Å². The third kappa shape index (κ3) is 2.56. The smallest absolute Gasteiger partial charge is 0.251 e. The minimum atomic E-state index is -0.294. The Labute approximate surface area is 162 Å². The van der Waals surface area contributed by atoms with Crippen LogP contribution in [0.2, 0.25) is 0 Å². The summed E-state index contributed by atoms with van der Waals surface area (Å²) >= 11 is 0. The van der Waals surface area contributed by atoms with Crippen LogP contribution in [0.15, 0.2) is 54.9 Å². The average Bonchev–Trinajstić information content (AvgIpc) is 3.44. The highest BCUT2D eigenvalue weighted by Crippen LogP contribution is 2.57. The highest BCUT2D eigenvalue weighted by molar-refractivity contribution is 5.96. The number of benzene rings is 2. The summed E-state index contributed by atoms with van der Waals surface area (Å²) in [7, 11) is 1.63. The molecule has 1 fully saturated rings. The standard InChI is InChI=1S/C22H19FN4O/c1-24-20(28)14-6-7-17-19(10-14)27(13-22(17)8-9-22)21-25-11-15(12-26-21)16-4-2-3-5-18(16)23/h2-7,10-12H,8-9,13H2,1H3,(H,24,28). The van der Waals surface area contributed by atoms with Gasteiger partial charge in [-0.2, -0.15) is 0 Å². The topological polar surface area (TPSA) is 58.1 Å². The van der Waals surface area contributed by atoms with E-state index in [9.17, 15) is 9.18 Å². The van der Waals surface area contributed by atoms with E-state index >= 15 is 0 Å². The van der Waals surface area contributed by atoms with E-state index in [0.29, 0.717) is 22.6 Å². The third-order valence-electron chi connectivity index (χ3n) is 5.73. The molecular weight excluding hydrogens is 355 g/mol. The maximum atomic E-state index is 14.0. The van der Waals surface area contributed by atoms with E-state index in [1.54, 1.807) is 37.6 Å². The molecule has 2 aromatic carbocycles. The van der Waals surface area contributed by atoms with Crippen LogP contribution >= 0.6 is 0 Å². The molecule has 1 aliphatic heterocycles. The number of nitrogens with one attached hydrogen (secondary N) is 1. The van der Waals surface area contributed by atoms with E-state index in [-0.39, 0.29) is 17.1 Å². The number of carbonyl (C=O) groups is 1. The van der Waals surface area contributed by atoms with Crippen molar-refractivity contribution in [2.75, 3.05) is 18.5 Å². The molecule has 28 heavy (non-hydrogen) atoms. The molecule has 0 radical (unpaired) electrons. The number of hydrogen-bond acceptors (Lipinski definition) is 4. The maximum Gasteiger partial charge on any atom is 0.251 e. The number of halogens is 1. The first kappa shape index (κ1) is 16.9. The lowest BCUT2D eigenvalue weighted by Crippen LogP contribution is -2.21. The highest BCUT2D eigenvalue weighted by atomic mass is 19.1. The number of rotatable bonds is 3. The fourth-order valence-electron chi connectivity index (χ4n) is 4.01. The van der Waals surface area contributed by atoms with Gasteiger partial charge in [0.15, 0.2) is 0 Å². The fraction of sp³-hybridized carbons (Fsp3) is 0.227. The second-order valence-corrected chi connectivity index (χ2v) is 7.43. The molecule has 1 aromatic heterocycles. The van der Waals surface area contributed by atoms with Crippen LogP contribution in [0, 0.1) is 5.82 Å². The zero-order valence-corrected chi connectivity index (χ0v) is 15.4. The first-order chi connectivity index (χ1) is 13.6. The summed E-state index contributed by atoms with van der Waals surface area (Å²) in [6.07, 6.45) is 5.56. The van der Waals surface area contributed by atoms with E-state index in [1.165, 1.54) is 11.6 Å².